The maximum Gasteiger partial charge on any atom is 0.242 e. The summed E-state index contributed by atoms with van der Waals surface area (Å²) < 4.78 is 26.5. The Morgan fingerprint density at radius 3 is 2.63 bits per heavy atom. The molecule has 0 bridgehead atoms. The number of aromatic nitrogens is 2. The maximum absolute atomic E-state index is 12.0. The topological polar surface area (TPSA) is 110 Å². The molecule has 4 N–H and O–H groups in total. The van der Waals surface area contributed by atoms with Gasteiger partial charge in [-0.25, -0.2) is 29.0 Å². The number of hydrogen-bond donors (Lipinski definition) is 3. The Labute approximate surface area is 114 Å². The molecule has 0 spiro atoms. The Morgan fingerprint density at radius 1 is 1.32 bits per heavy atom. The predicted molar refractivity (Wildman–Crippen MR) is 72.9 cm³/mol. The molecule has 0 saturated heterocycles. The first-order valence-corrected chi connectivity index (χ1v) is 7.65. The second-order valence-electron chi connectivity index (χ2n) is 3.69. The van der Waals surface area contributed by atoms with Gasteiger partial charge in [0, 0.05) is 23.8 Å². The van der Waals surface area contributed by atoms with Crippen molar-refractivity contribution in [1.29, 1.82) is 0 Å². The van der Waals surface area contributed by atoms with Gasteiger partial charge in [0.2, 0.25) is 10.0 Å². The van der Waals surface area contributed by atoms with Crippen molar-refractivity contribution in [3.8, 4) is 0 Å². The first kappa shape index (κ1) is 13.9. The van der Waals surface area contributed by atoms with Crippen molar-refractivity contribution >= 4 is 27.2 Å². The molecule has 102 valence electrons. The Balaban J connectivity index is 2.09. The Morgan fingerprint density at radius 2 is 2.11 bits per heavy atom. The Kier molecular flexibility index (Phi) is 4.10. The molecule has 0 aliphatic carbocycles. The van der Waals surface area contributed by atoms with Gasteiger partial charge in [0.05, 0.1) is 5.01 Å². The number of nitrogens with two attached hydrogens (primary N) is 1. The molecule has 0 saturated carbocycles. The number of nitrogens with zero attached hydrogens (tertiary/aromatic N) is 2. The average Bonchev–Trinajstić information content (AvgIpc) is 2.82. The summed E-state index contributed by atoms with van der Waals surface area (Å²) >= 11 is 1.45. The lowest BCUT2D eigenvalue weighted by Gasteiger charge is -2.05. The summed E-state index contributed by atoms with van der Waals surface area (Å²) in [6, 6.07) is 2.92. The van der Waals surface area contributed by atoms with E-state index >= 15 is 0 Å². The van der Waals surface area contributed by atoms with Crippen LogP contribution < -0.4 is 16.0 Å². The molecule has 0 aliphatic heterocycles. The van der Waals surface area contributed by atoms with Crippen LogP contribution in [0.3, 0.4) is 0 Å². The third-order valence-corrected chi connectivity index (χ3v) is 4.60. The molecule has 0 atom stereocenters. The highest BCUT2D eigenvalue weighted by Crippen LogP contribution is 2.14. The van der Waals surface area contributed by atoms with E-state index in [0.29, 0.717) is 5.82 Å². The van der Waals surface area contributed by atoms with E-state index < -0.39 is 10.0 Å². The number of anilines is 1. The normalized spacial score (nSPS) is 11.5. The zero-order chi connectivity index (χ0) is 13.9. The Bertz CT molecular complexity index is 651. The molecular formula is C10H13N5O2S2. The highest BCUT2D eigenvalue weighted by atomic mass is 32.2. The first-order valence-electron chi connectivity index (χ1n) is 5.35. The van der Waals surface area contributed by atoms with Crippen molar-refractivity contribution in [3.63, 3.8) is 0 Å². The van der Waals surface area contributed by atoms with Crippen LogP contribution in [0, 0.1) is 6.92 Å². The van der Waals surface area contributed by atoms with Crippen LogP contribution in [0.4, 0.5) is 5.82 Å². The van der Waals surface area contributed by atoms with Crippen LogP contribution >= 0.6 is 11.3 Å². The van der Waals surface area contributed by atoms with E-state index in [1.54, 1.807) is 6.20 Å². The van der Waals surface area contributed by atoms with Gasteiger partial charge in [0.15, 0.2) is 0 Å². The lowest BCUT2D eigenvalue weighted by atomic mass is 10.5. The van der Waals surface area contributed by atoms with Crippen molar-refractivity contribution in [2.45, 2.75) is 18.4 Å². The third-order valence-electron chi connectivity index (χ3n) is 2.30. The number of thiazole rings is 1. The monoisotopic (exact) mass is 299 g/mol. The van der Waals surface area contributed by atoms with E-state index in [-0.39, 0.29) is 11.4 Å². The molecule has 2 heterocycles. The zero-order valence-electron chi connectivity index (χ0n) is 10.1. The number of rotatable bonds is 5. The van der Waals surface area contributed by atoms with E-state index in [4.69, 9.17) is 5.84 Å². The van der Waals surface area contributed by atoms with Crippen LogP contribution in [0.2, 0.25) is 0 Å². The van der Waals surface area contributed by atoms with Crippen molar-refractivity contribution in [3.05, 3.63) is 34.4 Å². The van der Waals surface area contributed by atoms with Gasteiger partial charge in [-0.1, -0.05) is 0 Å². The van der Waals surface area contributed by atoms with E-state index in [9.17, 15) is 8.42 Å². The summed E-state index contributed by atoms with van der Waals surface area (Å²) in [4.78, 5) is 8.87. The number of hydrazine groups is 1. The summed E-state index contributed by atoms with van der Waals surface area (Å²) in [7, 11) is -3.58. The highest BCUT2D eigenvalue weighted by Gasteiger charge is 2.14. The largest absolute Gasteiger partial charge is 0.308 e. The van der Waals surface area contributed by atoms with Gasteiger partial charge in [-0.3, -0.25) is 0 Å². The third kappa shape index (κ3) is 3.47. The smallest absolute Gasteiger partial charge is 0.242 e. The summed E-state index contributed by atoms with van der Waals surface area (Å²) in [5.74, 6) is 5.56. The molecule has 0 amide bonds. The quantitative estimate of drug-likeness (QED) is 0.551. The van der Waals surface area contributed by atoms with Crippen LogP contribution in [0.1, 0.15) is 9.88 Å². The molecule has 7 nitrogen and oxygen atoms in total. The van der Waals surface area contributed by atoms with Crippen LogP contribution in [0.15, 0.2) is 29.4 Å². The SMILES string of the molecule is Cc1ncc(CNS(=O)(=O)c2ccc(NN)nc2)s1. The number of hydrogen-bond acceptors (Lipinski definition) is 7. The second-order valence-corrected chi connectivity index (χ2v) is 6.78. The van der Waals surface area contributed by atoms with Crippen molar-refractivity contribution in [1.82, 2.24) is 14.7 Å². The highest BCUT2D eigenvalue weighted by molar-refractivity contribution is 7.89. The van der Waals surface area contributed by atoms with Crippen LogP contribution in [0.5, 0.6) is 0 Å². The molecule has 2 aromatic heterocycles. The van der Waals surface area contributed by atoms with Crippen molar-refractivity contribution in [2.75, 3.05) is 5.43 Å². The molecule has 0 radical (unpaired) electrons. The molecule has 0 aliphatic rings. The van der Waals surface area contributed by atoms with Gasteiger partial charge in [-0.05, 0) is 19.1 Å². The molecule has 0 unspecified atom stereocenters. The minimum Gasteiger partial charge on any atom is -0.308 e. The zero-order valence-corrected chi connectivity index (χ0v) is 11.8. The predicted octanol–water partition coefficient (Wildman–Crippen LogP) is 0.611. The minimum atomic E-state index is -3.58. The van der Waals surface area contributed by atoms with Crippen LogP contribution in [-0.4, -0.2) is 18.4 Å². The molecular weight excluding hydrogens is 286 g/mol. The molecule has 0 fully saturated rings. The molecule has 0 aromatic carbocycles. The van der Waals surface area contributed by atoms with E-state index in [2.05, 4.69) is 20.1 Å². The second kappa shape index (κ2) is 5.61. The lowest BCUT2D eigenvalue weighted by molar-refractivity contribution is 0.581. The average molecular weight is 299 g/mol. The lowest BCUT2D eigenvalue weighted by Crippen LogP contribution is -2.23. The molecule has 19 heavy (non-hydrogen) atoms. The van der Waals surface area contributed by atoms with Crippen molar-refractivity contribution in [2.24, 2.45) is 5.84 Å². The summed E-state index contributed by atoms with van der Waals surface area (Å²) in [5.41, 5.74) is 2.33. The van der Waals surface area contributed by atoms with Crippen molar-refractivity contribution < 1.29 is 8.42 Å². The maximum atomic E-state index is 12.0. The van der Waals surface area contributed by atoms with Crippen LogP contribution in [-0.2, 0) is 16.6 Å². The van der Waals surface area contributed by atoms with E-state index in [0.717, 1.165) is 9.88 Å². The van der Waals surface area contributed by atoms with E-state index in [1.165, 1.54) is 29.7 Å². The molecule has 2 rings (SSSR count). The van der Waals surface area contributed by atoms with Gasteiger partial charge in [-0.15, -0.1) is 11.3 Å². The Hall–Kier alpha value is -1.55. The fourth-order valence-electron chi connectivity index (χ4n) is 1.36. The van der Waals surface area contributed by atoms with Gasteiger partial charge < -0.3 is 5.43 Å². The number of sulfonamides is 1. The number of pyridine rings is 1. The van der Waals surface area contributed by atoms with E-state index in [1.807, 2.05) is 6.92 Å². The minimum absolute atomic E-state index is 0.0905. The van der Waals surface area contributed by atoms with Gasteiger partial charge in [0.25, 0.3) is 0 Å². The van der Waals surface area contributed by atoms with Gasteiger partial charge in [-0.2, -0.15) is 0 Å². The molecule has 2 aromatic rings. The number of nitrogens with one attached hydrogen (secondary N) is 2. The fraction of sp³-hybridized carbons (Fsp3) is 0.200. The first-order chi connectivity index (χ1) is 9.01. The summed E-state index contributed by atoms with van der Waals surface area (Å²) in [6.45, 7) is 2.08. The standard InChI is InChI=1S/C10H13N5O2S2/c1-7-12-4-8(18-7)5-14-19(16,17)9-2-3-10(15-11)13-6-9/h2-4,6,14H,5,11H2,1H3,(H,13,15). The summed E-state index contributed by atoms with van der Waals surface area (Å²) in [5, 5.41) is 0.897. The number of aryl methyl sites for hydroxylation is 1. The van der Waals surface area contributed by atoms with Gasteiger partial charge >= 0.3 is 0 Å². The fourth-order valence-corrected chi connectivity index (χ4v) is 3.14. The summed E-state index contributed by atoms with van der Waals surface area (Å²) in [6.07, 6.45) is 2.90. The molecule has 9 heteroatoms. The van der Waals surface area contributed by atoms with Gasteiger partial charge in [0.1, 0.15) is 10.7 Å². The van der Waals surface area contributed by atoms with Crippen LogP contribution in [0.25, 0.3) is 0 Å². The number of nitrogen functional groups attached to an aromatic ring is 1.